The van der Waals surface area contributed by atoms with Gasteiger partial charge in [0.25, 0.3) is 5.91 Å². The van der Waals surface area contributed by atoms with E-state index in [9.17, 15) is 4.79 Å². The number of para-hydroxylation sites is 1. The Balaban J connectivity index is 1.65. The average molecular weight is 351 g/mol. The average Bonchev–Trinajstić information content (AvgIpc) is 2.63. The van der Waals surface area contributed by atoms with E-state index >= 15 is 0 Å². The number of rotatable bonds is 5. The Kier molecular flexibility index (Phi) is 5.44. The summed E-state index contributed by atoms with van der Waals surface area (Å²) in [5.41, 5.74) is 3.64. The summed E-state index contributed by atoms with van der Waals surface area (Å²) in [6.07, 6.45) is 1.55. The maximum Gasteiger partial charge on any atom is 0.272 e. The fraction of sp³-hybridized carbons (Fsp3) is 0. The second kappa shape index (κ2) is 8.13. The second-order valence-corrected chi connectivity index (χ2v) is 5.57. The normalized spacial score (nSPS) is 10.6. The molecule has 124 valence electrons. The van der Waals surface area contributed by atoms with Crippen molar-refractivity contribution >= 4 is 23.7 Å². The second-order valence-electron chi connectivity index (χ2n) is 5.17. The van der Waals surface area contributed by atoms with E-state index in [0.717, 1.165) is 11.3 Å². The van der Waals surface area contributed by atoms with E-state index < -0.39 is 0 Å². The number of nitrogens with zero attached hydrogens (tertiary/aromatic N) is 1. The predicted octanol–water partition coefficient (Wildman–Crippen LogP) is 4.90. The number of hydrogen-bond donors (Lipinski definition) is 1. The Morgan fingerprint density at radius 3 is 2.44 bits per heavy atom. The minimum absolute atomic E-state index is 0.362. The summed E-state index contributed by atoms with van der Waals surface area (Å²) in [7, 11) is 0. The fourth-order valence-electron chi connectivity index (χ4n) is 2.15. The van der Waals surface area contributed by atoms with Crippen LogP contribution in [0.15, 0.2) is 84.0 Å². The number of nitrogens with one attached hydrogen (secondary N) is 1. The number of hydrogen-bond acceptors (Lipinski definition) is 3. The van der Waals surface area contributed by atoms with Crippen molar-refractivity contribution in [3.8, 4) is 11.5 Å². The Morgan fingerprint density at radius 1 is 0.920 bits per heavy atom. The van der Waals surface area contributed by atoms with Crippen LogP contribution >= 0.6 is 11.6 Å². The molecular weight excluding hydrogens is 336 g/mol. The molecule has 3 rings (SSSR count). The molecule has 1 amide bonds. The van der Waals surface area contributed by atoms with Crippen LogP contribution in [-0.4, -0.2) is 12.1 Å². The predicted molar refractivity (Wildman–Crippen MR) is 99.5 cm³/mol. The quantitative estimate of drug-likeness (QED) is 0.525. The highest BCUT2D eigenvalue weighted by molar-refractivity contribution is 6.33. The zero-order valence-electron chi connectivity index (χ0n) is 13.2. The summed E-state index contributed by atoms with van der Waals surface area (Å²) >= 11 is 5.98. The van der Waals surface area contributed by atoms with Crippen molar-refractivity contribution in [2.24, 2.45) is 5.10 Å². The number of benzene rings is 3. The Hall–Kier alpha value is -3.11. The SMILES string of the molecule is O=C(NN=Cc1cccc(Oc2ccccc2)c1)c1ccccc1Cl. The van der Waals surface area contributed by atoms with Crippen LogP contribution in [0.3, 0.4) is 0 Å². The molecular formula is C20H15ClN2O2. The molecule has 5 heteroatoms. The highest BCUT2D eigenvalue weighted by Gasteiger charge is 2.07. The van der Waals surface area contributed by atoms with Gasteiger partial charge in [0.15, 0.2) is 0 Å². The van der Waals surface area contributed by atoms with Gasteiger partial charge in [-0.1, -0.05) is 54.1 Å². The van der Waals surface area contributed by atoms with Gasteiger partial charge in [-0.3, -0.25) is 4.79 Å². The van der Waals surface area contributed by atoms with Gasteiger partial charge in [-0.05, 0) is 42.0 Å². The number of amides is 1. The first-order valence-corrected chi connectivity index (χ1v) is 8.01. The number of carbonyl (C=O) groups is 1. The Bertz CT molecular complexity index is 895. The minimum atomic E-state index is -0.362. The fourth-order valence-corrected chi connectivity index (χ4v) is 2.38. The van der Waals surface area contributed by atoms with E-state index in [1.54, 1.807) is 30.5 Å². The third-order valence-corrected chi connectivity index (χ3v) is 3.66. The van der Waals surface area contributed by atoms with Gasteiger partial charge in [0.1, 0.15) is 11.5 Å². The van der Waals surface area contributed by atoms with Crippen molar-refractivity contribution in [2.45, 2.75) is 0 Å². The van der Waals surface area contributed by atoms with Gasteiger partial charge < -0.3 is 4.74 Å². The molecule has 0 fully saturated rings. The van der Waals surface area contributed by atoms with Crippen LogP contribution in [0.25, 0.3) is 0 Å². The highest BCUT2D eigenvalue weighted by atomic mass is 35.5. The van der Waals surface area contributed by atoms with E-state index in [-0.39, 0.29) is 5.91 Å². The van der Waals surface area contributed by atoms with Crippen molar-refractivity contribution in [1.29, 1.82) is 0 Å². The van der Waals surface area contributed by atoms with E-state index in [1.165, 1.54) is 0 Å². The first-order valence-electron chi connectivity index (χ1n) is 7.63. The molecule has 4 nitrogen and oxygen atoms in total. The van der Waals surface area contributed by atoms with Crippen LogP contribution < -0.4 is 10.2 Å². The molecule has 0 aliphatic rings. The molecule has 0 aliphatic carbocycles. The molecule has 3 aromatic carbocycles. The molecule has 0 spiro atoms. The lowest BCUT2D eigenvalue weighted by Gasteiger charge is -2.06. The highest BCUT2D eigenvalue weighted by Crippen LogP contribution is 2.21. The van der Waals surface area contributed by atoms with Crippen molar-refractivity contribution in [2.75, 3.05) is 0 Å². The van der Waals surface area contributed by atoms with Gasteiger partial charge in [0.2, 0.25) is 0 Å². The maximum absolute atomic E-state index is 12.0. The van der Waals surface area contributed by atoms with Gasteiger partial charge in [-0.15, -0.1) is 0 Å². The smallest absolute Gasteiger partial charge is 0.272 e. The lowest BCUT2D eigenvalue weighted by molar-refractivity contribution is 0.0955. The topological polar surface area (TPSA) is 50.7 Å². The molecule has 0 saturated heterocycles. The molecule has 0 radical (unpaired) electrons. The minimum Gasteiger partial charge on any atom is -0.457 e. The van der Waals surface area contributed by atoms with E-state index in [1.807, 2.05) is 54.6 Å². The Morgan fingerprint density at radius 2 is 1.64 bits per heavy atom. The third-order valence-electron chi connectivity index (χ3n) is 3.34. The summed E-state index contributed by atoms with van der Waals surface area (Å²) in [5, 5.41) is 4.35. The van der Waals surface area contributed by atoms with Gasteiger partial charge in [0.05, 0.1) is 16.8 Å². The van der Waals surface area contributed by atoms with Crippen LogP contribution in [0.1, 0.15) is 15.9 Å². The molecule has 0 unspecified atom stereocenters. The standard InChI is InChI=1S/C20H15ClN2O2/c21-19-12-5-4-11-18(19)20(24)23-22-14-15-7-6-10-17(13-15)25-16-8-2-1-3-9-16/h1-14H,(H,23,24). The van der Waals surface area contributed by atoms with Crippen LogP contribution in [-0.2, 0) is 0 Å². The first-order chi connectivity index (χ1) is 12.2. The van der Waals surface area contributed by atoms with E-state index in [2.05, 4.69) is 10.5 Å². The van der Waals surface area contributed by atoms with Gasteiger partial charge >= 0.3 is 0 Å². The molecule has 3 aromatic rings. The lowest BCUT2D eigenvalue weighted by Crippen LogP contribution is -2.17. The summed E-state index contributed by atoms with van der Waals surface area (Å²) in [5.74, 6) is 1.08. The van der Waals surface area contributed by atoms with Crippen molar-refractivity contribution in [1.82, 2.24) is 5.43 Å². The molecule has 25 heavy (non-hydrogen) atoms. The van der Waals surface area contributed by atoms with Crippen molar-refractivity contribution in [3.05, 3.63) is 95.0 Å². The van der Waals surface area contributed by atoms with Crippen molar-refractivity contribution in [3.63, 3.8) is 0 Å². The largest absolute Gasteiger partial charge is 0.457 e. The molecule has 0 saturated carbocycles. The van der Waals surface area contributed by atoms with Crippen LogP contribution in [0.2, 0.25) is 5.02 Å². The van der Waals surface area contributed by atoms with Crippen LogP contribution in [0, 0.1) is 0 Å². The van der Waals surface area contributed by atoms with Crippen LogP contribution in [0.4, 0.5) is 0 Å². The molecule has 1 N–H and O–H groups in total. The first kappa shape index (κ1) is 16.7. The summed E-state index contributed by atoms with van der Waals surface area (Å²) in [6.45, 7) is 0. The molecule has 0 aliphatic heterocycles. The zero-order chi connectivity index (χ0) is 17.5. The maximum atomic E-state index is 12.0. The monoisotopic (exact) mass is 350 g/mol. The summed E-state index contributed by atoms with van der Waals surface area (Å²) in [6, 6.07) is 23.7. The number of ether oxygens (including phenoxy) is 1. The molecule has 0 heterocycles. The molecule has 0 bridgehead atoms. The lowest BCUT2D eigenvalue weighted by atomic mass is 10.2. The third kappa shape index (κ3) is 4.68. The van der Waals surface area contributed by atoms with E-state index in [0.29, 0.717) is 16.3 Å². The summed E-state index contributed by atoms with van der Waals surface area (Å²) < 4.78 is 5.77. The molecule has 0 aromatic heterocycles. The molecule has 0 atom stereocenters. The number of halogens is 1. The number of hydrazone groups is 1. The number of carbonyl (C=O) groups excluding carboxylic acids is 1. The van der Waals surface area contributed by atoms with E-state index in [4.69, 9.17) is 16.3 Å². The van der Waals surface area contributed by atoms with Crippen LogP contribution in [0.5, 0.6) is 11.5 Å². The Labute approximate surface area is 150 Å². The van der Waals surface area contributed by atoms with Gasteiger partial charge in [-0.25, -0.2) is 5.43 Å². The van der Waals surface area contributed by atoms with Crippen molar-refractivity contribution < 1.29 is 9.53 Å². The zero-order valence-corrected chi connectivity index (χ0v) is 14.0. The summed E-state index contributed by atoms with van der Waals surface area (Å²) in [4.78, 5) is 12.0. The van der Waals surface area contributed by atoms with Gasteiger partial charge in [-0.2, -0.15) is 5.10 Å². The van der Waals surface area contributed by atoms with Gasteiger partial charge in [0, 0.05) is 0 Å².